The van der Waals surface area contributed by atoms with Crippen molar-refractivity contribution in [3.63, 3.8) is 0 Å². The molecule has 2 heterocycles. The van der Waals surface area contributed by atoms with Crippen molar-refractivity contribution in [2.24, 2.45) is 0 Å². The van der Waals surface area contributed by atoms with Crippen LogP contribution in [-0.4, -0.2) is 50.9 Å². The summed E-state index contributed by atoms with van der Waals surface area (Å²) in [6.07, 6.45) is 0. The second kappa shape index (κ2) is 11.3. The Morgan fingerprint density at radius 2 is 1.58 bits per heavy atom. The first-order valence-corrected chi connectivity index (χ1v) is 12.5. The molecule has 0 amide bonds. The number of aromatic nitrogens is 5. The fraction of sp³-hybridized carbons (Fsp3) is 0.241. The summed E-state index contributed by atoms with van der Waals surface area (Å²) in [6.45, 7) is 3.84. The van der Waals surface area contributed by atoms with Crippen LogP contribution in [0.25, 0.3) is 10.9 Å². The first-order chi connectivity index (χ1) is 18.6. The number of ether oxygens (including phenoxy) is 2. The van der Waals surface area contributed by atoms with Crippen LogP contribution in [0, 0.1) is 0 Å². The van der Waals surface area contributed by atoms with Gasteiger partial charge in [0.2, 0.25) is 0 Å². The summed E-state index contributed by atoms with van der Waals surface area (Å²) in [7, 11) is 3.16. The molecule has 0 saturated heterocycles. The highest BCUT2D eigenvalue weighted by Gasteiger charge is 2.30. The zero-order valence-corrected chi connectivity index (χ0v) is 21.7. The van der Waals surface area contributed by atoms with Crippen LogP contribution in [0.2, 0.25) is 0 Å². The van der Waals surface area contributed by atoms with Gasteiger partial charge in [-0.25, -0.2) is 4.68 Å². The summed E-state index contributed by atoms with van der Waals surface area (Å²) in [5.41, 5.74) is 3.19. The summed E-state index contributed by atoms with van der Waals surface area (Å²) in [5, 5.41) is 13.6. The molecule has 38 heavy (non-hydrogen) atoms. The minimum Gasteiger partial charge on any atom is -0.493 e. The van der Waals surface area contributed by atoms with E-state index in [4.69, 9.17) is 9.47 Å². The van der Waals surface area contributed by atoms with E-state index in [0.717, 1.165) is 16.5 Å². The second-order valence-corrected chi connectivity index (χ2v) is 8.98. The highest BCUT2D eigenvalue weighted by molar-refractivity contribution is 5.83. The quantitative estimate of drug-likeness (QED) is 0.301. The van der Waals surface area contributed by atoms with Gasteiger partial charge in [0, 0.05) is 23.6 Å². The van der Waals surface area contributed by atoms with Gasteiger partial charge in [-0.1, -0.05) is 67.6 Å². The first-order valence-electron chi connectivity index (χ1n) is 12.5. The predicted octanol–water partition coefficient (Wildman–Crippen LogP) is 4.19. The van der Waals surface area contributed by atoms with Gasteiger partial charge in [0.25, 0.3) is 5.56 Å². The molecule has 0 aliphatic rings. The molecule has 2 aromatic heterocycles. The molecule has 0 saturated carbocycles. The normalized spacial score (nSPS) is 12.1. The first kappa shape index (κ1) is 25.2. The predicted molar refractivity (Wildman–Crippen MR) is 145 cm³/mol. The van der Waals surface area contributed by atoms with E-state index in [1.807, 2.05) is 60.7 Å². The third-order valence-electron chi connectivity index (χ3n) is 6.65. The van der Waals surface area contributed by atoms with E-state index in [1.165, 1.54) is 0 Å². The average Bonchev–Trinajstić information content (AvgIpc) is 3.40. The van der Waals surface area contributed by atoms with E-state index >= 15 is 0 Å². The number of methoxy groups -OCH3 is 2. The van der Waals surface area contributed by atoms with Crippen LogP contribution in [0.15, 0.2) is 83.7 Å². The molecule has 1 N–H and O–H groups in total. The Morgan fingerprint density at radius 3 is 2.24 bits per heavy atom. The summed E-state index contributed by atoms with van der Waals surface area (Å²) < 4.78 is 12.7. The maximum Gasteiger partial charge on any atom is 0.253 e. The fourth-order valence-corrected chi connectivity index (χ4v) is 4.73. The minimum atomic E-state index is -0.500. The van der Waals surface area contributed by atoms with E-state index in [1.54, 1.807) is 25.0 Å². The van der Waals surface area contributed by atoms with Crippen LogP contribution in [-0.2, 0) is 13.1 Å². The number of H-pyrrole nitrogens is 1. The molecule has 1 unspecified atom stereocenters. The highest BCUT2D eigenvalue weighted by atomic mass is 16.5. The molecule has 0 radical (unpaired) electrons. The maximum absolute atomic E-state index is 13.6. The van der Waals surface area contributed by atoms with Crippen molar-refractivity contribution < 1.29 is 9.47 Å². The van der Waals surface area contributed by atoms with Crippen LogP contribution < -0.4 is 15.0 Å². The van der Waals surface area contributed by atoms with Gasteiger partial charge < -0.3 is 14.5 Å². The zero-order valence-electron chi connectivity index (χ0n) is 21.7. The molecule has 0 bridgehead atoms. The number of pyridine rings is 1. The summed E-state index contributed by atoms with van der Waals surface area (Å²) >= 11 is 0. The van der Waals surface area contributed by atoms with Crippen molar-refractivity contribution in [2.75, 3.05) is 20.8 Å². The Labute approximate surface area is 220 Å². The van der Waals surface area contributed by atoms with E-state index < -0.39 is 6.04 Å². The number of aromatic amines is 1. The molecule has 3 aromatic carbocycles. The van der Waals surface area contributed by atoms with Gasteiger partial charge in [0.1, 0.15) is 6.04 Å². The van der Waals surface area contributed by atoms with Crippen molar-refractivity contribution in [3.05, 3.63) is 112 Å². The minimum absolute atomic E-state index is 0.213. The van der Waals surface area contributed by atoms with Crippen LogP contribution in [0.4, 0.5) is 0 Å². The Morgan fingerprint density at radius 1 is 0.921 bits per heavy atom. The lowest BCUT2D eigenvalue weighted by Crippen LogP contribution is -2.35. The smallest absolute Gasteiger partial charge is 0.253 e. The van der Waals surface area contributed by atoms with Gasteiger partial charge in [-0.2, -0.15) is 0 Å². The largest absolute Gasteiger partial charge is 0.493 e. The molecular weight excluding hydrogens is 480 g/mol. The number of hydrogen-bond donors (Lipinski definition) is 1. The van der Waals surface area contributed by atoms with Gasteiger partial charge >= 0.3 is 0 Å². The monoisotopic (exact) mass is 510 g/mol. The van der Waals surface area contributed by atoms with Gasteiger partial charge in [0.15, 0.2) is 17.3 Å². The summed E-state index contributed by atoms with van der Waals surface area (Å²) in [5.74, 6) is 1.73. The zero-order chi connectivity index (χ0) is 26.5. The number of nitrogens with one attached hydrogen (secondary N) is 1. The van der Waals surface area contributed by atoms with Gasteiger partial charge in [0.05, 0.1) is 26.3 Å². The van der Waals surface area contributed by atoms with Crippen molar-refractivity contribution in [3.8, 4) is 11.5 Å². The van der Waals surface area contributed by atoms with Crippen molar-refractivity contribution in [2.45, 2.75) is 26.1 Å². The van der Waals surface area contributed by atoms with Crippen LogP contribution >= 0.6 is 0 Å². The lowest BCUT2D eigenvalue weighted by Gasteiger charge is -2.30. The van der Waals surface area contributed by atoms with Gasteiger partial charge in [-0.05, 0) is 40.2 Å². The summed E-state index contributed by atoms with van der Waals surface area (Å²) in [6, 6.07) is 25.2. The lowest BCUT2D eigenvalue weighted by atomic mass is 10.0. The van der Waals surface area contributed by atoms with E-state index in [9.17, 15) is 4.79 Å². The van der Waals surface area contributed by atoms with Crippen LogP contribution in [0.3, 0.4) is 0 Å². The Kier molecular flexibility index (Phi) is 7.46. The molecular formula is C29H30N6O3. The molecule has 9 nitrogen and oxygen atoms in total. The van der Waals surface area contributed by atoms with E-state index in [-0.39, 0.29) is 5.56 Å². The van der Waals surface area contributed by atoms with Crippen LogP contribution in [0.1, 0.15) is 35.5 Å². The summed E-state index contributed by atoms with van der Waals surface area (Å²) in [4.78, 5) is 18.9. The molecule has 0 aliphatic carbocycles. The Balaban J connectivity index is 1.66. The molecule has 194 valence electrons. The van der Waals surface area contributed by atoms with E-state index in [2.05, 4.69) is 44.5 Å². The third-order valence-corrected chi connectivity index (χ3v) is 6.65. The molecule has 0 spiro atoms. The van der Waals surface area contributed by atoms with Crippen molar-refractivity contribution in [1.29, 1.82) is 0 Å². The molecule has 5 aromatic rings. The standard InChI is InChI=1S/C29H30N6O3/c1-4-34(18-20-11-7-5-8-12-20)27(28-31-32-33-35(28)19-21-13-9-6-10-14-21)23-15-22-16-25(37-2)26(38-3)17-24(22)30-29(23)36/h5-17,27H,4,18-19H2,1-3H3,(H,30,36). The van der Waals surface area contributed by atoms with E-state index in [0.29, 0.717) is 48.0 Å². The van der Waals surface area contributed by atoms with Crippen molar-refractivity contribution >= 4 is 10.9 Å². The lowest BCUT2D eigenvalue weighted by molar-refractivity contribution is 0.214. The number of rotatable bonds is 10. The maximum atomic E-state index is 13.6. The number of nitrogens with zero attached hydrogens (tertiary/aromatic N) is 5. The second-order valence-electron chi connectivity index (χ2n) is 8.98. The number of fused-ring (bicyclic) bond motifs is 1. The fourth-order valence-electron chi connectivity index (χ4n) is 4.73. The molecule has 5 rings (SSSR count). The number of benzene rings is 3. The molecule has 9 heteroatoms. The molecule has 0 aliphatic heterocycles. The molecule has 0 fully saturated rings. The topological polar surface area (TPSA) is 98.2 Å². The van der Waals surface area contributed by atoms with Crippen LogP contribution in [0.5, 0.6) is 11.5 Å². The van der Waals surface area contributed by atoms with Gasteiger partial charge in [-0.3, -0.25) is 9.69 Å². The molecule has 1 atom stereocenters. The van der Waals surface area contributed by atoms with Crippen molar-refractivity contribution in [1.82, 2.24) is 30.1 Å². The number of tetrazole rings is 1. The number of hydrogen-bond acceptors (Lipinski definition) is 7. The highest BCUT2D eigenvalue weighted by Crippen LogP contribution is 2.33. The SMILES string of the molecule is CCN(Cc1ccccc1)C(c1cc2cc(OC)c(OC)cc2[nH]c1=O)c1nnnn1Cc1ccccc1. The van der Waals surface area contributed by atoms with Gasteiger partial charge in [-0.15, -0.1) is 5.10 Å². The Hall–Kier alpha value is -4.50. The average molecular weight is 511 g/mol. The Bertz CT molecular complexity index is 1570. The third kappa shape index (κ3) is 5.14.